The van der Waals surface area contributed by atoms with Crippen LogP contribution in [0.2, 0.25) is 0 Å². The molecule has 0 bridgehead atoms. The molecule has 0 aromatic heterocycles. The van der Waals surface area contributed by atoms with Gasteiger partial charge >= 0.3 is 0 Å². The van der Waals surface area contributed by atoms with Gasteiger partial charge in [0.1, 0.15) is 0 Å². The molecule has 88 valence electrons. The normalized spacial score (nSPS) is 19.7. The molecule has 0 aromatic rings. The predicted octanol–water partition coefficient (Wildman–Crippen LogP) is 1.37. The van der Waals surface area contributed by atoms with E-state index in [0.29, 0.717) is 12.3 Å². The van der Waals surface area contributed by atoms with E-state index < -0.39 is 0 Å². The topological polar surface area (TPSA) is 55.1 Å². The van der Waals surface area contributed by atoms with Gasteiger partial charge in [-0.1, -0.05) is 6.92 Å². The zero-order valence-corrected chi connectivity index (χ0v) is 10.5. The minimum Gasteiger partial charge on any atom is -0.353 e. The number of hydrogen-bond acceptors (Lipinski definition) is 3. The molecular weight excluding hydrogens is 208 g/mol. The summed E-state index contributed by atoms with van der Waals surface area (Å²) in [7, 11) is 0. The molecule has 1 amide bonds. The van der Waals surface area contributed by atoms with Crippen molar-refractivity contribution >= 4 is 17.7 Å². The third kappa shape index (κ3) is 5.42. The van der Waals surface area contributed by atoms with Gasteiger partial charge in [0.05, 0.1) is 0 Å². The number of carbonyl (C=O) groups excluding carboxylic acids is 1. The summed E-state index contributed by atoms with van der Waals surface area (Å²) >= 11 is 1.85. The molecule has 15 heavy (non-hydrogen) atoms. The smallest absolute Gasteiger partial charge is 0.221 e. The molecule has 1 rings (SSSR count). The Bertz CT molecular complexity index is 207. The van der Waals surface area contributed by atoms with Crippen LogP contribution in [0.1, 0.15) is 33.1 Å². The maximum absolute atomic E-state index is 11.6. The average molecular weight is 230 g/mol. The largest absolute Gasteiger partial charge is 0.353 e. The van der Waals surface area contributed by atoms with Crippen molar-refractivity contribution in [2.75, 3.05) is 11.5 Å². The molecule has 1 fully saturated rings. The third-order valence-electron chi connectivity index (χ3n) is 2.63. The summed E-state index contributed by atoms with van der Waals surface area (Å²) in [4.78, 5) is 11.6. The highest BCUT2D eigenvalue weighted by Gasteiger charge is 2.29. The van der Waals surface area contributed by atoms with Gasteiger partial charge in [0.2, 0.25) is 5.91 Å². The molecule has 4 heteroatoms. The van der Waals surface area contributed by atoms with E-state index in [2.05, 4.69) is 12.2 Å². The van der Waals surface area contributed by atoms with E-state index in [0.717, 1.165) is 11.5 Å². The van der Waals surface area contributed by atoms with Crippen molar-refractivity contribution in [2.45, 2.75) is 45.2 Å². The maximum atomic E-state index is 11.6. The van der Waals surface area contributed by atoms with Crippen LogP contribution < -0.4 is 11.1 Å². The summed E-state index contributed by atoms with van der Waals surface area (Å²) in [5.74, 6) is 2.80. The SMILES string of the molecule is CCSCC(C)NC(=O)CC(N)C1CC1. The number of amides is 1. The van der Waals surface area contributed by atoms with Crippen molar-refractivity contribution in [2.24, 2.45) is 11.7 Å². The van der Waals surface area contributed by atoms with Crippen molar-refractivity contribution in [3.63, 3.8) is 0 Å². The number of nitrogens with one attached hydrogen (secondary N) is 1. The molecule has 1 aliphatic rings. The summed E-state index contributed by atoms with van der Waals surface area (Å²) in [5.41, 5.74) is 5.89. The molecule has 0 aliphatic heterocycles. The van der Waals surface area contributed by atoms with E-state index in [1.54, 1.807) is 0 Å². The lowest BCUT2D eigenvalue weighted by Crippen LogP contribution is -2.38. The van der Waals surface area contributed by atoms with Gasteiger partial charge in [-0.2, -0.15) is 11.8 Å². The quantitative estimate of drug-likeness (QED) is 0.694. The second-order valence-electron chi connectivity index (χ2n) is 4.33. The fraction of sp³-hybridized carbons (Fsp3) is 0.909. The number of rotatable bonds is 7. The summed E-state index contributed by atoms with van der Waals surface area (Å²) in [6.07, 6.45) is 2.90. The number of hydrogen-bond donors (Lipinski definition) is 2. The minimum atomic E-state index is 0.0797. The fourth-order valence-corrected chi connectivity index (χ4v) is 2.25. The van der Waals surface area contributed by atoms with Gasteiger partial charge in [-0.3, -0.25) is 4.79 Å². The van der Waals surface area contributed by atoms with Crippen molar-refractivity contribution < 1.29 is 4.79 Å². The van der Waals surface area contributed by atoms with Gasteiger partial charge < -0.3 is 11.1 Å². The number of nitrogens with two attached hydrogens (primary N) is 1. The zero-order valence-electron chi connectivity index (χ0n) is 9.66. The Morgan fingerprint density at radius 1 is 1.60 bits per heavy atom. The minimum absolute atomic E-state index is 0.0797. The third-order valence-corrected chi connectivity index (χ3v) is 3.77. The summed E-state index contributed by atoms with van der Waals surface area (Å²) < 4.78 is 0. The summed E-state index contributed by atoms with van der Waals surface area (Å²) in [6.45, 7) is 4.17. The van der Waals surface area contributed by atoms with Crippen molar-refractivity contribution in [3.8, 4) is 0 Å². The lowest BCUT2D eigenvalue weighted by atomic mass is 10.1. The average Bonchev–Trinajstić information content (AvgIpc) is 2.97. The van der Waals surface area contributed by atoms with Crippen LogP contribution in [-0.4, -0.2) is 29.5 Å². The lowest BCUT2D eigenvalue weighted by molar-refractivity contribution is -0.121. The van der Waals surface area contributed by atoms with Crippen LogP contribution >= 0.6 is 11.8 Å². The zero-order chi connectivity index (χ0) is 11.3. The molecule has 1 aliphatic carbocycles. The van der Waals surface area contributed by atoms with E-state index in [4.69, 9.17) is 5.73 Å². The van der Waals surface area contributed by atoms with E-state index in [9.17, 15) is 4.79 Å². The van der Waals surface area contributed by atoms with Crippen molar-refractivity contribution in [1.29, 1.82) is 0 Å². The molecule has 0 heterocycles. The standard InChI is InChI=1S/C11H22N2OS/c1-3-15-7-8(2)13-11(14)6-10(12)9-4-5-9/h8-10H,3-7,12H2,1-2H3,(H,13,14). The van der Waals surface area contributed by atoms with Crippen LogP contribution in [0.15, 0.2) is 0 Å². The summed E-state index contributed by atoms with van der Waals surface area (Å²) in [5, 5.41) is 2.99. The first kappa shape index (κ1) is 12.8. The molecular formula is C11H22N2OS. The van der Waals surface area contributed by atoms with E-state index in [1.165, 1.54) is 12.8 Å². The van der Waals surface area contributed by atoms with Crippen molar-refractivity contribution in [1.82, 2.24) is 5.32 Å². The Morgan fingerprint density at radius 2 is 2.27 bits per heavy atom. The second kappa shape index (κ2) is 6.38. The molecule has 2 unspecified atom stereocenters. The molecule has 3 nitrogen and oxygen atoms in total. The Morgan fingerprint density at radius 3 is 2.80 bits per heavy atom. The fourth-order valence-electron chi connectivity index (χ4n) is 1.58. The van der Waals surface area contributed by atoms with Gasteiger partial charge in [-0.05, 0) is 31.4 Å². The highest BCUT2D eigenvalue weighted by Crippen LogP contribution is 2.32. The van der Waals surface area contributed by atoms with Crippen LogP contribution in [0.3, 0.4) is 0 Å². The predicted molar refractivity (Wildman–Crippen MR) is 65.9 cm³/mol. The first-order valence-corrected chi connectivity index (χ1v) is 6.91. The van der Waals surface area contributed by atoms with Gasteiger partial charge in [-0.15, -0.1) is 0 Å². The van der Waals surface area contributed by atoms with E-state index in [1.807, 2.05) is 18.7 Å². The molecule has 1 saturated carbocycles. The van der Waals surface area contributed by atoms with Gasteiger partial charge in [0.25, 0.3) is 0 Å². The van der Waals surface area contributed by atoms with Crippen LogP contribution in [-0.2, 0) is 4.79 Å². The van der Waals surface area contributed by atoms with Crippen LogP contribution in [0.4, 0.5) is 0 Å². The molecule has 0 saturated heterocycles. The second-order valence-corrected chi connectivity index (χ2v) is 5.65. The Labute approximate surface area is 96.6 Å². The Hall–Kier alpha value is -0.220. The highest BCUT2D eigenvalue weighted by atomic mass is 32.2. The highest BCUT2D eigenvalue weighted by molar-refractivity contribution is 7.99. The molecule has 3 N–H and O–H groups in total. The molecule has 0 aromatic carbocycles. The van der Waals surface area contributed by atoms with Crippen LogP contribution in [0.5, 0.6) is 0 Å². The van der Waals surface area contributed by atoms with Crippen molar-refractivity contribution in [3.05, 3.63) is 0 Å². The van der Waals surface area contributed by atoms with E-state index >= 15 is 0 Å². The Kier molecular flexibility index (Phi) is 5.47. The molecule has 0 spiro atoms. The number of thioether (sulfide) groups is 1. The van der Waals surface area contributed by atoms with Gasteiger partial charge in [0, 0.05) is 24.3 Å². The molecule has 2 atom stereocenters. The van der Waals surface area contributed by atoms with Crippen LogP contribution in [0.25, 0.3) is 0 Å². The monoisotopic (exact) mass is 230 g/mol. The van der Waals surface area contributed by atoms with Crippen LogP contribution in [0, 0.1) is 5.92 Å². The number of carbonyl (C=O) groups is 1. The van der Waals surface area contributed by atoms with E-state index in [-0.39, 0.29) is 18.0 Å². The first-order valence-electron chi connectivity index (χ1n) is 5.76. The van der Waals surface area contributed by atoms with Gasteiger partial charge in [0.15, 0.2) is 0 Å². The maximum Gasteiger partial charge on any atom is 0.221 e. The Balaban J connectivity index is 2.10. The van der Waals surface area contributed by atoms with Gasteiger partial charge in [-0.25, -0.2) is 0 Å². The first-order chi connectivity index (χ1) is 7.13. The summed E-state index contributed by atoms with van der Waals surface area (Å²) in [6, 6.07) is 0.338. The molecule has 0 radical (unpaired) electrons. The lowest BCUT2D eigenvalue weighted by Gasteiger charge is -2.15.